The molecule has 0 N–H and O–H groups in total. The van der Waals surface area contributed by atoms with Crippen LogP contribution in [0.15, 0.2) is 159 Å². The van der Waals surface area contributed by atoms with E-state index in [4.69, 9.17) is 28.4 Å². The minimum atomic E-state index is -0.829. The van der Waals surface area contributed by atoms with Crippen LogP contribution in [0.4, 0.5) is 0 Å². The van der Waals surface area contributed by atoms with Gasteiger partial charge in [0.15, 0.2) is 0 Å². The SMILES string of the molecule is C=CC(=O)OCOc1ccc(C(=O)Oc2ccc3c(c2)C2(c4ccccc4-c4ccccc42)c2cc(OC(=O)c4ccc(OCOC(=O)C=C)cc4)ccc2-3)cc1. The summed E-state index contributed by atoms with van der Waals surface area (Å²) >= 11 is 0. The van der Waals surface area contributed by atoms with Gasteiger partial charge >= 0.3 is 23.9 Å². The Hall–Kier alpha value is -7.72. The number of rotatable bonds is 12. The third-order valence-corrected chi connectivity index (χ3v) is 9.82. The van der Waals surface area contributed by atoms with E-state index in [2.05, 4.69) is 37.4 Å². The van der Waals surface area contributed by atoms with Gasteiger partial charge in [0.05, 0.1) is 16.5 Å². The highest BCUT2D eigenvalue weighted by atomic mass is 16.7. The number of ether oxygens (including phenoxy) is 6. The minimum Gasteiger partial charge on any atom is -0.457 e. The Morgan fingerprint density at radius 1 is 0.456 bits per heavy atom. The van der Waals surface area contributed by atoms with Crippen molar-refractivity contribution in [2.24, 2.45) is 0 Å². The molecule has 6 aromatic carbocycles. The third kappa shape index (κ3) is 6.70. The highest BCUT2D eigenvalue weighted by Crippen LogP contribution is 2.63. The zero-order chi connectivity index (χ0) is 39.5. The Kier molecular flexibility index (Phi) is 9.67. The first kappa shape index (κ1) is 36.3. The maximum absolute atomic E-state index is 13.4. The van der Waals surface area contributed by atoms with Crippen molar-refractivity contribution in [1.82, 2.24) is 0 Å². The van der Waals surface area contributed by atoms with Gasteiger partial charge in [-0.1, -0.05) is 73.8 Å². The van der Waals surface area contributed by atoms with E-state index in [0.717, 1.165) is 56.7 Å². The van der Waals surface area contributed by atoms with E-state index in [-0.39, 0.29) is 13.6 Å². The molecule has 0 unspecified atom stereocenters. The molecule has 0 amide bonds. The van der Waals surface area contributed by atoms with Gasteiger partial charge in [-0.3, -0.25) is 0 Å². The standard InChI is InChI=1S/C47H32O10/c1-3-43(48)54-27-52-31-17-13-29(14-18-31)45(50)56-33-21-23-37-38-24-22-34(57-46(51)30-15-19-32(20-16-30)53-28-55-44(49)4-2)26-42(38)47(41(37)25-33)39-11-7-5-9-35(39)36-10-6-8-12-40(36)47/h3-26H,1-2,27-28H2. The molecule has 57 heavy (non-hydrogen) atoms. The number of carbonyl (C=O) groups excluding carboxylic acids is 4. The lowest BCUT2D eigenvalue weighted by atomic mass is 9.70. The maximum atomic E-state index is 13.4. The van der Waals surface area contributed by atoms with E-state index < -0.39 is 29.3 Å². The Bertz CT molecular complexity index is 2410. The lowest BCUT2D eigenvalue weighted by Crippen LogP contribution is -2.26. The van der Waals surface area contributed by atoms with E-state index in [1.807, 2.05) is 48.5 Å². The van der Waals surface area contributed by atoms with Crippen LogP contribution in [-0.4, -0.2) is 37.5 Å². The van der Waals surface area contributed by atoms with Gasteiger partial charge in [0.25, 0.3) is 0 Å². The lowest BCUT2D eigenvalue weighted by Gasteiger charge is -2.30. The molecule has 2 aliphatic rings. The number of hydrogen-bond donors (Lipinski definition) is 0. The van der Waals surface area contributed by atoms with Crippen LogP contribution in [0.3, 0.4) is 0 Å². The molecule has 2 aliphatic carbocycles. The van der Waals surface area contributed by atoms with Gasteiger partial charge in [0.1, 0.15) is 23.0 Å². The molecule has 0 aliphatic heterocycles. The summed E-state index contributed by atoms with van der Waals surface area (Å²) in [7, 11) is 0. The molecule has 10 nitrogen and oxygen atoms in total. The van der Waals surface area contributed by atoms with Crippen molar-refractivity contribution in [2.45, 2.75) is 5.41 Å². The van der Waals surface area contributed by atoms with Gasteiger partial charge in [0.2, 0.25) is 13.6 Å². The second-order valence-electron chi connectivity index (χ2n) is 12.9. The van der Waals surface area contributed by atoms with Gasteiger partial charge in [-0.15, -0.1) is 0 Å². The van der Waals surface area contributed by atoms with Crippen molar-refractivity contribution in [3.63, 3.8) is 0 Å². The van der Waals surface area contributed by atoms with Gasteiger partial charge in [0, 0.05) is 12.2 Å². The topological polar surface area (TPSA) is 124 Å². The molecule has 0 atom stereocenters. The number of hydrogen-bond acceptors (Lipinski definition) is 10. The van der Waals surface area contributed by atoms with Crippen molar-refractivity contribution in [3.05, 3.63) is 192 Å². The molecule has 280 valence electrons. The summed E-state index contributed by atoms with van der Waals surface area (Å²) in [4.78, 5) is 49.5. The average Bonchev–Trinajstić information content (AvgIpc) is 3.70. The fourth-order valence-corrected chi connectivity index (χ4v) is 7.36. The summed E-state index contributed by atoms with van der Waals surface area (Å²) in [6, 6.07) is 40.3. The van der Waals surface area contributed by atoms with Gasteiger partial charge in [-0.25, -0.2) is 19.2 Å². The molecule has 8 rings (SSSR count). The molecule has 0 saturated heterocycles. The first-order chi connectivity index (χ1) is 27.8. The molecule has 10 heteroatoms. The molecule has 0 bridgehead atoms. The largest absolute Gasteiger partial charge is 0.457 e. The van der Waals surface area contributed by atoms with Crippen molar-refractivity contribution >= 4 is 23.9 Å². The highest BCUT2D eigenvalue weighted by Gasteiger charge is 2.52. The van der Waals surface area contributed by atoms with Crippen LogP contribution < -0.4 is 18.9 Å². The van der Waals surface area contributed by atoms with Crippen LogP contribution in [-0.2, 0) is 24.5 Å². The molecular formula is C47H32O10. The van der Waals surface area contributed by atoms with E-state index in [1.165, 1.54) is 0 Å². The summed E-state index contributed by atoms with van der Waals surface area (Å²) < 4.78 is 32.5. The average molecular weight is 757 g/mol. The maximum Gasteiger partial charge on any atom is 0.343 e. The van der Waals surface area contributed by atoms with Crippen molar-refractivity contribution < 1.29 is 47.6 Å². The monoisotopic (exact) mass is 756 g/mol. The number of carbonyl (C=O) groups is 4. The second kappa shape index (κ2) is 15.2. The summed E-state index contributed by atoms with van der Waals surface area (Å²) in [6.07, 6.45) is 2.08. The first-order valence-electron chi connectivity index (χ1n) is 17.8. The Morgan fingerprint density at radius 3 is 1.23 bits per heavy atom. The summed E-state index contributed by atoms with van der Waals surface area (Å²) in [5.41, 5.74) is 7.70. The molecule has 0 heterocycles. The van der Waals surface area contributed by atoms with E-state index in [9.17, 15) is 19.2 Å². The number of benzene rings is 6. The molecule has 1 spiro atoms. The van der Waals surface area contributed by atoms with Crippen molar-refractivity contribution in [2.75, 3.05) is 13.6 Å². The van der Waals surface area contributed by atoms with Crippen LogP contribution >= 0.6 is 0 Å². The van der Waals surface area contributed by atoms with Crippen molar-refractivity contribution in [1.29, 1.82) is 0 Å². The Balaban J connectivity index is 1.10. The Morgan fingerprint density at radius 2 is 0.825 bits per heavy atom. The molecule has 0 aromatic heterocycles. The third-order valence-electron chi connectivity index (χ3n) is 9.82. The zero-order valence-electron chi connectivity index (χ0n) is 30.3. The van der Waals surface area contributed by atoms with Gasteiger partial charge in [-0.05, 0) is 117 Å². The van der Waals surface area contributed by atoms with E-state index in [0.29, 0.717) is 34.1 Å². The molecular weight excluding hydrogens is 725 g/mol. The van der Waals surface area contributed by atoms with Gasteiger partial charge in [-0.2, -0.15) is 0 Å². The highest BCUT2D eigenvalue weighted by molar-refractivity contribution is 5.97. The van der Waals surface area contributed by atoms with Gasteiger partial charge < -0.3 is 28.4 Å². The number of esters is 4. The zero-order valence-corrected chi connectivity index (χ0v) is 30.3. The number of fused-ring (bicyclic) bond motifs is 10. The summed E-state index contributed by atoms with van der Waals surface area (Å²) in [6.45, 7) is 6.09. The second-order valence-corrected chi connectivity index (χ2v) is 12.9. The smallest absolute Gasteiger partial charge is 0.343 e. The van der Waals surface area contributed by atoms with Crippen LogP contribution in [0.1, 0.15) is 43.0 Å². The molecule has 0 saturated carbocycles. The van der Waals surface area contributed by atoms with Crippen LogP contribution in [0.2, 0.25) is 0 Å². The minimum absolute atomic E-state index is 0.295. The quantitative estimate of drug-likeness (QED) is 0.0518. The normalized spacial score (nSPS) is 12.2. The fourth-order valence-electron chi connectivity index (χ4n) is 7.36. The van der Waals surface area contributed by atoms with Crippen LogP contribution in [0, 0.1) is 0 Å². The predicted octanol–water partition coefficient (Wildman–Crippen LogP) is 8.60. The first-order valence-corrected chi connectivity index (χ1v) is 17.8. The molecule has 0 fully saturated rings. The predicted molar refractivity (Wildman–Crippen MR) is 209 cm³/mol. The van der Waals surface area contributed by atoms with Crippen LogP contribution in [0.25, 0.3) is 22.3 Å². The lowest BCUT2D eigenvalue weighted by molar-refractivity contribution is -0.145. The fraction of sp³-hybridized carbons (Fsp3) is 0.0638. The van der Waals surface area contributed by atoms with E-state index in [1.54, 1.807) is 60.7 Å². The molecule has 6 aromatic rings. The Labute approximate surface area is 327 Å². The summed E-state index contributed by atoms with van der Waals surface area (Å²) in [5.74, 6) is -0.857. The van der Waals surface area contributed by atoms with Crippen molar-refractivity contribution in [3.8, 4) is 45.3 Å². The van der Waals surface area contributed by atoms with E-state index >= 15 is 0 Å². The molecule has 0 radical (unpaired) electrons. The van der Waals surface area contributed by atoms with Crippen LogP contribution in [0.5, 0.6) is 23.0 Å². The summed E-state index contributed by atoms with van der Waals surface area (Å²) in [5, 5.41) is 0.